The van der Waals surface area contributed by atoms with E-state index in [-0.39, 0.29) is 0 Å². The highest BCUT2D eigenvalue weighted by Gasteiger charge is 1.80. The Bertz CT molecular complexity index is 66.6. The van der Waals surface area contributed by atoms with Gasteiger partial charge in [-0.15, -0.1) is 13.2 Å². The Morgan fingerprint density at radius 3 is 2.56 bits per heavy atom. The van der Waals surface area contributed by atoms with Gasteiger partial charge < -0.3 is 5.32 Å². The summed E-state index contributed by atoms with van der Waals surface area (Å²) < 4.78 is 0. The van der Waals surface area contributed by atoms with Crippen LogP contribution in [0.15, 0.2) is 25.3 Å². The van der Waals surface area contributed by atoms with Crippen LogP contribution in [0.4, 0.5) is 0 Å². The Morgan fingerprint density at radius 2 is 2.00 bits per heavy atom. The molecule has 0 unspecified atom stereocenters. The van der Waals surface area contributed by atoms with Crippen molar-refractivity contribution in [2.24, 2.45) is 0 Å². The maximum absolute atomic E-state index is 3.63. The highest BCUT2D eigenvalue weighted by molar-refractivity contribution is 4.71. The lowest BCUT2D eigenvalue weighted by atomic mass is 10.3. The molecule has 0 saturated heterocycles. The Morgan fingerprint density at radius 1 is 1.22 bits per heavy atom. The minimum atomic E-state index is 0.914. The summed E-state index contributed by atoms with van der Waals surface area (Å²) in [6.45, 7) is 9.21. The Balaban J connectivity index is 2.74. The van der Waals surface area contributed by atoms with E-state index in [1.807, 2.05) is 12.2 Å². The molecule has 0 spiro atoms. The number of hydrogen-bond donors (Lipinski definition) is 1. The average Bonchev–Trinajstić information content (AvgIpc) is 1.89. The van der Waals surface area contributed by atoms with E-state index in [0.29, 0.717) is 0 Å². The van der Waals surface area contributed by atoms with Crippen molar-refractivity contribution < 1.29 is 0 Å². The predicted molar refractivity (Wildman–Crippen MR) is 42.5 cm³/mol. The topological polar surface area (TPSA) is 12.0 Å². The first-order valence-corrected chi connectivity index (χ1v) is 3.34. The van der Waals surface area contributed by atoms with E-state index >= 15 is 0 Å². The van der Waals surface area contributed by atoms with Crippen LogP contribution in [0.25, 0.3) is 0 Å². The lowest BCUT2D eigenvalue weighted by Crippen LogP contribution is -2.14. The van der Waals surface area contributed by atoms with Crippen molar-refractivity contribution in [1.82, 2.24) is 5.32 Å². The number of rotatable bonds is 6. The maximum atomic E-state index is 3.63. The minimum Gasteiger partial charge on any atom is -0.313 e. The number of unbranched alkanes of at least 4 members (excludes halogenated alkanes) is 1. The third kappa shape index (κ3) is 7.44. The first-order chi connectivity index (χ1) is 4.41. The molecule has 0 aliphatic carbocycles. The molecule has 0 amide bonds. The monoisotopic (exact) mass is 125 g/mol. The molecule has 0 aromatic heterocycles. The highest BCUT2D eigenvalue weighted by atomic mass is 14.8. The second-order valence-corrected chi connectivity index (χ2v) is 1.92. The molecular formula is C8H15N. The molecule has 0 aliphatic heterocycles. The zero-order valence-corrected chi connectivity index (χ0v) is 5.90. The van der Waals surface area contributed by atoms with Gasteiger partial charge in [0, 0.05) is 6.54 Å². The fourth-order valence-corrected chi connectivity index (χ4v) is 0.576. The molecule has 52 valence electrons. The molecule has 1 nitrogen and oxygen atoms in total. The maximum Gasteiger partial charge on any atom is 0.0132 e. The fraction of sp³-hybridized carbons (Fsp3) is 0.500. The van der Waals surface area contributed by atoms with E-state index in [9.17, 15) is 0 Å². The van der Waals surface area contributed by atoms with Gasteiger partial charge in [-0.05, 0) is 19.4 Å². The van der Waals surface area contributed by atoms with Gasteiger partial charge in [-0.1, -0.05) is 12.2 Å². The van der Waals surface area contributed by atoms with E-state index in [0.717, 1.165) is 19.5 Å². The summed E-state index contributed by atoms with van der Waals surface area (Å²) >= 11 is 0. The van der Waals surface area contributed by atoms with Gasteiger partial charge in [0.1, 0.15) is 0 Å². The summed E-state index contributed by atoms with van der Waals surface area (Å²) in [5.74, 6) is 0. The second kappa shape index (κ2) is 7.44. The zero-order valence-electron chi connectivity index (χ0n) is 5.90. The molecule has 0 aromatic carbocycles. The van der Waals surface area contributed by atoms with Gasteiger partial charge in [-0.25, -0.2) is 0 Å². The molecule has 1 heteroatoms. The molecule has 0 radical (unpaired) electrons. The van der Waals surface area contributed by atoms with Crippen molar-refractivity contribution in [3.05, 3.63) is 25.3 Å². The minimum absolute atomic E-state index is 0.914. The molecule has 0 aliphatic rings. The van der Waals surface area contributed by atoms with E-state index in [1.54, 1.807) is 0 Å². The van der Waals surface area contributed by atoms with Crippen LogP contribution >= 0.6 is 0 Å². The molecule has 0 bridgehead atoms. The van der Waals surface area contributed by atoms with Gasteiger partial charge in [-0.2, -0.15) is 0 Å². The molecule has 0 fully saturated rings. The largest absolute Gasteiger partial charge is 0.313 e. The van der Waals surface area contributed by atoms with Gasteiger partial charge in [-0.3, -0.25) is 0 Å². The Hall–Kier alpha value is -0.560. The van der Waals surface area contributed by atoms with Crippen LogP contribution in [0.1, 0.15) is 12.8 Å². The summed E-state index contributed by atoms with van der Waals surface area (Å²) in [5.41, 5.74) is 0. The van der Waals surface area contributed by atoms with Crippen LogP contribution < -0.4 is 5.32 Å². The van der Waals surface area contributed by atoms with Crippen molar-refractivity contribution in [3.8, 4) is 0 Å². The van der Waals surface area contributed by atoms with Crippen molar-refractivity contribution in [2.45, 2.75) is 12.8 Å². The summed E-state index contributed by atoms with van der Waals surface area (Å²) in [6.07, 6.45) is 6.09. The smallest absolute Gasteiger partial charge is 0.0132 e. The van der Waals surface area contributed by atoms with Crippen molar-refractivity contribution in [3.63, 3.8) is 0 Å². The van der Waals surface area contributed by atoms with Crippen molar-refractivity contribution >= 4 is 0 Å². The number of nitrogens with one attached hydrogen (secondary N) is 1. The van der Waals surface area contributed by atoms with Gasteiger partial charge in [0.25, 0.3) is 0 Å². The predicted octanol–water partition coefficient (Wildman–Crippen LogP) is 1.73. The Kier molecular flexibility index (Phi) is 6.98. The summed E-state index contributed by atoms with van der Waals surface area (Å²) in [5, 5.41) is 3.20. The number of hydrogen-bond acceptors (Lipinski definition) is 1. The van der Waals surface area contributed by atoms with Gasteiger partial charge in [0.2, 0.25) is 0 Å². The van der Waals surface area contributed by atoms with E-state index in [4.69, 9.17) is 0 Å². The van der Waals surface area contributed by atoms with E-state index in [2.05, 4.69) is 18.5 Å². The molecule has 0 aromatic rings. The standard InChI is InChI=1S/C8H15N/c1-3-5-6-8-9-7-4-2/h3-4,9H,1-2,5-8H2. The molecular weight excluding hydrogens is 110 g/mol. The molecule has 0 heterocycles. The summed E-state index contributed by atoms with van der Waals surface area (Å²) in [4.78, 5) is 0. The first kappa shape index (κ1) is 8.44. The lowest BCUT2D eigenvalue weighted by molar-refractivity contribution is 0.701. The van der Waals surface area contributed by atoms with Crippen LogP contribution in [0.2, 0.25) is 0 Å². The van der Waals surface area contributed by atoms with Gasteiger partial charge in [0.05, 0.1) is 0 Å². The lowest BCUT2D eigenvalue weighted by Gasteiger charge is -1.96. The average molecular weight is 125 g/mol. The van der Waals surface area contributed by atoms with E-state index < -0.39 is 0 Å². The molecule has 0 rings (SSSR count). The molecule has 1 N–H and O–H groups in total. The second-order valence-electron chi connectivity index (χ2n) is 1.92. The normalized spacial score (nSPS) is 8.89. The van der Waals surface area contributed by atoms with Crippen molar-refractivity contribution in [1.29, 1.82) is 0 Å². The molecule has 9 heavy (non-hydrogen) atoms. The quantitative estimate of drug-likeness (QED) is 0.421. The van der Waals surface area contributed by atoms with Crippen LogP contribution in [-0.2, 0) is 0 Å². The van der Waals surface area contributed by atoms with Crippen LogP contribution in [-0.4, -0.2) is 13.1 Å². The van der Waals surface area contributed by atoms with Crippen LogP contribution in [0.3, 0.4) is 0 Å². The summed E-state index contributed by atoms with van der Waals surface area (Å²) in [6, 6.07) is 0. The number of allylic oxidation sites excluding steroid dienone is 1. The first-order valence-electron chi connectivity index (χ1n) is 3.34. The van der Waals surface area contributed by atoms with Gasteiger partial charge >= 0.3 is 0 Å². The summed E-state index contributed by atoms with van der Waals surface area (Å²) in [7, 11) is 0. The van der Waals surface area contributed by atoms with Crippen molar-refractivity contribution in [2.75, 3.05) is 13.1 Å². The fourth-order valence-electron chi connectivity index (χ4n) is 0.576. The molecule has 0 saturated carbocycles. The van der Waals surface area contributed by atoms with Gasteiger partial charge in [0.15, 0.2) is 0 Å². The molecule has 0 atom stereocenters. The SMILES string of the molecule is C=CCCCNCC=C. The van der Waals surface area contributed by atoms with Crippen LogP contribution in [0.5, 0.6) is 0 Å². The zero-order chi connectivity index (χ0) is 6.95. The third-order valence-electron chi connectivity index (χ3n) is 1.05. The highest BCUT2D eigenvalue weighted by Crippen LogP contribution is 1.84. The Labute approximate surface area is 57.5 Å². The third-order valence-corrected chi connectivity index (χ3v) is 1.05. The van der Waals surface area contributed by atoms with Crippen LogP contribution in [0, 0.1) is 0 Å². The van der Waals surface area contributed by atoms with E-state index in [1.165, 1.54) is 6.42 Å².